The zero-order chi connectivity index (χ0) is 17.4. The van der Waals surface area contributed by atoms with Crippen LogP contribution in [0.4, 0.5) is 0 Å². The van der Waals surface area contributed by atoms with Crippen LogP contribution < -0.4 is 10.3 Å². The number of nitrogens with zero attached hydrogens (tertiary/aromatic N) is 2. The van der Waals surface area contributed by atoms with E-state index in [9.17, 15) is 9.59 Å². The van der Waals surface area contributed by atoms with Crippen LogP contribution in [0.1, 0.15) is 15.4 Å². The maximum atomic E-state index is 13.2. The van der Waals surface area contributed by atoms with E-state index in [1.165, 1.54) is 18.4 Å². The number of hydrogen-bond donors (Lipinski definition) is 0. The molecular formula is C19H14N2O3S. The molecule has 0 aliphatic carbocycles. The van der Waals surface area contributed by atoms with Crippen molar-refractivity contribution in [3.63, 3.8) is 0 Å². The van der Waals surface area contributed by atoms with Crippen molar-refractivity contribution in [2.75, 3.05) is 7.11 Å². The predicted octanol–water partition coefficient (Wildman–Crippen LogP) is 3.48. The Morgan fingerprint density at radius 2 is 2.00 bits per heavy atom. The normalized spacial score (nSPS) is 11.1. The molecule has 3 heterocycles. The first kappa shape index (κ1) is 15.5. The molecule has 0 amide bonds. The van der Waals surface area contributed by atoms with E-state index >= 15 is 0 Å². The largest absolute Gasteiger partial charge is 0.494 e. The van der Waals surface area contributed by atoms with Crippen molar-refractivity contribution < 1.29 is 9.53 Å². The summed E-state index contributed by atoms with van der Waals surface area (Å²) >= 11 is 1.29. The van der Waals surface area contributed by atoms with Gasteiger partial charge in [-0.05, 0) is 18.2 Å². The molecule has 0 aliphatic heterocycles. The van der Waals surface area contributed by atoms with Gasteiger partial charge in [-0.25, -0.2) is 0 Å². The lowest BCUT2D eigenvalue weighted by atomic mass is 10.1. The quantitative estimate of drug-likeness (QED) is 0.529. The van der Waals surface area contributed by atoms with Crippen LogP contribution in [0.3, 0.4) is 0 Å². The van der Waals surface area contributed by atoms with E-state index in [1.54, 1.807) is 10.8 Å². The van der Waals surface area contributed by atoms with Gasteiger partial charge in [0.25, 0.3) is 5.56 Å². The lowest BCUT2D eigenvalue weighted by molar-refractivity contribution is 0.112. The van der Waals surface area contributed by atoms with Crippen LogP contribution in [0.15, 0.2) is 53.5 Å². The number of para-hydroxylation sites is 1. The number of methoxy groups -OCH3 is 1. The fourth-order valence-corrected chi connectivity index (χ4v) is 4.16. The average molecular weight is 350 g/mol. The van der Waals surface area contributed by atoms with E-state index < -0.39 is 0 Å². The lowest BCUT2D eigenvalue weighted by Gasteiger charge is -2.11. The average Bonchev–Trinajstić information content (AvgIpc) is 3.05. The molecule has 124 valence electrons. The van der Waals surface area contributed by atoms with Crippen molar-refractivity contribution in [1.29, 1.82) is 0 Å². The summed E-state index contributed by atoms with van der Waals surface area (Å²) in [7, 11) is 1.48. The molecule has 0 saturated heterocycles. The molecule has 0 unspecified atom stereocenters. The maximum absolute atomic E-state index is 13.2. The molecule has 5 nitrogen and oxygen atoms in total. The summed E-state index contributed by atoms with van der Waals surface area (Å²) in [6, 6.07) is 13.3. The third-order valence-electron chi connectivity index (χ3n) is 4.15. The van der Waals surface area contributed by atoms with E-state index in [0.717, 1.165) is 27.6 Å². The zero-order valence-electron chi connectivity index (χ0n) is 13.4. The van der Waals surface area contributed by atoms with Gasteiger partial charge in [-0.1, -0.05) is 24.3 Å². The Morgan fingerprint density at radius 1 is 1.20 bits per heavy atom. The number of carbonyl (C=O) groups excluding carboxylic acids is 1. The number of hydrogen-bond acceptors (Lipinski definition) is 5. The third-order valence-corrected chi connectivity index (χ3v) is 5.28. The van der Waals surface area contributed by atoms with Crippen LogP contribution >= 0.6 is 11.3 Å². The molecule has 1 aromatic carbocycles. The highest BCUT2D eigenvalue weighted by Crippen LogP contribution is 2.38. The van der Waals surface area contributed by atoms with Gasteiger partial charge in [0.05, 0.1) is 29.6 Å². The molecule has 0 N–H and O–H groups in total. The first-order chi connectivity index (χ1) is 12.2. The maximum Gasteiger partial charge on any atom is 0.263 e. The molecule has 0 radical (unpaired) electrons. The number of benzene rings is 1. The van der Waals surface area contributed by atoms with E-state index in [1.807, 2.05) is 42.5 Å². The highest BCUT2D eigenvalue weighted by atomic mass is 32.1. The minimum absolute atomic E-state index is 0.180. The molecule has 25 heavy (non-hydrogen) atoms. The van der Waals surface area contributed by atoms with Crippen LogP contribution in [0.2, 0.25) is 0 Å². The number of pyridine rings is 2. The highest BCUT2D eigenvalue weighted by Gasteiger charge is 2.20. The third kappa shape index (κ3) is 2.42. The molecule has 3 aromatic heterocycles. The van der Waals surface area contributed by atoms with Crippen molar-refractivity contribution in [2.45, 2.75) is 6.54 Å². The first-order valence-corrected chi connectivity index (χ1v) is 8.53. The second-order valence-electron chi connectivity index (χ2n) is 5.55. The van der Waals surface area contributed by atoms with Crippen molar-refractivity contribution >= 4 is 38.6 Å². The smallest absolute Gasteiger partial charge is 0.263 e. The summed E-state index contributed by atoms with van der Waals surface area (Å²) in [6.07, 6.45) is 2.44. The molecule has 0 atom stereocenters. The number of carbonyl (C=O) groups is 1. The zero-order valence-corrected chi connectivity index (χ0v) is 14.2. The Labute approximate surface area is 147 Å². The second kappa shape index (κ2) is 6.14. The van der Waals surface area contributed by atoms with Crippen molar-refractivity contribution in [1.82, 2.24) is 9.55 Å². The van der Waals surface area contributed by atoms with Gasteiger partial charge in [0.1, 0.15) is 10.3 Å². The molecular weight excluding hydrogens is 336 g/mol. The number of aldehydes is 1. The van der Waals surface area contributed by atoms with Gasteiger partial charge in [0, 0.05) is 11.6 Å². The van der Waals surface area contributed by atoms with Gasteiger partial charge >= 0.3 is 0 Å². The number of thiophene rings is 1. The SMILES string of the molecule is COc1c(C=O)sc2c1c(=O)n(Cc1ccccn1)c1ccccc21. The first-order valence-electron chi connectivity index (χ1n) is 7.71. The fourth-order valence-electron chi connectivity index (χ4n) is 3.05. The van der Waals surface area contributed by atoms with E-state index in [0.29, 0.717) is 22.6 Å². The van der Waals surface area contributed by atoms with Gasteiger partial charge in [-0.3, -0.25) is 14.6 Å². The molecule has 0 fully saturated rings. The summed E-state index contributed by atoms with van der Waals surface area (Å²) in [5.74, 6) is 0.348. The van der Waals surface area contributed by atoms with Crippen LogP contribution in [0.25, 0.3) is 21.0 Å². The summed E-state index contributed by atoms with van der Waals surface area (Å²) in [4.78, 5) is 29.3. The molecule has 0 bridgehead atoms. The van der Waals surface area contributed by atoms with E-state index in [-0.39, 0.29) is 5.56 Å². The van der Waals surface area contributed by atoms with Crippen molar-refractivity contribution in [2.24, 2.45) is 0 Å². The molecule has 4 rings (SSSR count). The summed E-state index contributed by atoms with van der Waals surface area (Å²) in [5, 5.41) is 1.37. The Hall–Kier alpha value is -2.99. The van der Waals surface area contributed by atoms with Crippen LogP contribution in [0.5, 0.6) is 5.75 Å². The fraction of sp³-hybridized carbons (Fsp3) is 0.105. The van der Waals surface area contributed by atoms with Gasteiger partial charge in [0.15, 0.2) is 12.0 Å². The molecule has 6 heteroatoms. The Kier molecular flexibility index (Phi) is 3.82. The van der Waals surface area contributed by atoms with E-state index in [2.05, 4.69) is 4.98 Å². The minimum atomic E-state index is -0.180. The van der Waals surface area contributed by atoms with Crippen LogP contribution in [-0.2, 0) is 6.54 Å². The standard InChI is InChI=1S/C19H14N2O3S/c1-24-17-15(11-22)25-18-13-7-2-3-8-14(13)21(19(23)16(17)18)10-12-6-4-5-9-20-12/h2-9,11H,10H2,1H3. The highest BCUT2D eigenvalue weighted by molar-refractivity contribution is 7.22. The van der Waals surface area contributed by atoms with E-state index in [4.69, 9.17) is 4.74 Å². The summed E-state index contributed by atoms with van der Waals surface area (Å²) in [5.41, 5.74) is 1.42. The molecule has 4 aromatic rings. The molecule has 0 spiro atoms. The lowest BCUT2D eigenvalue weighted by Crippen LogP contribution is -2.21. The van der Waals surface area contributed by atoms with Gasteiger partial charge in [-0.2, -0.15) is 0 Å². The topological polar surface area (TPSA) is 61.2 Å². The number of ether oxygens (including phenoxy) is 1. The Bertz CT molecular complexity index is 1150. The number of rotatable bonds is 4. The van der Waals surface area contributed by atoms with Gasteiger partial charge in [0.2, 0.25) is 0 Å². The molecule has 0 aliphatic rings. The van der Waals surface area contributed by atoms with Crippen molar-refractivity contribution in [3.8, 4) is 5.75 Å². The van der Waals surface area contributed by atoms with Crippen molar-refractivity contribution in [3.05, 3.63) is 69.6 Å². The van der Waals surface area contributed by atoms with Crippen LogP contribution in [0, 0.1) is 0 Å². The Balaban J connectivity index is 2.12. The Morgan fingerprint density at radius 3 is 2.72 bits per heavy atom. The van der Waals surface area contributed by atoms with Gasteiger partial charge < -0.3 is 9.30 Å². The molecule has 0 saturated carbocycles. The second-order valence-corrected chi connectivity index (χ2v) is 6.60. The van der Waals surface area contributed by atoms with Gasteiger partial charge in [-0.15, -0.1) is 11.3 Å². The number of fused-ring (bicyclic) bond motifs is 3. The number of aromatic nitrogens is 2. The minimum Gasteiger partial charge on any atom is -0.494 e. The van der Waals surface area contributed by atoms with Crippen LogP contribution in [-0.4, -0.2) is 22.9 Å². The monoisotopic (exact) mass is 350 g/mol. The summed E-state index contributed by atoms with van der Waals surface area (Å²) < 4.78 is 7.83. The predicted molar refractivity (Wildman–Crippen MR) is 98.9 cm³/mol. The summed E-state index contributed by atoms with van der Waals surface area (Å²) in [6.45, 7) is 0.353.